The monoisotopic (exact) mass is 336 g/mol. The zero-order valence-corrected chi connectivity index (χ0v) is 13.3. The van der Waals surface area contributed by atoms with Crippen LogP contribution >= 0.6 is 0 Å². The summed E-state index contributed by atoms with van der Waals surface area (Å²) in [6, 6.07) is 3.41. The molecule has 1 aromatic carbocycles. The van der Waals surface area contributed by atoms with Crippen LogP contribution < -0.4 is 10.2 Å². The van der Waals surface area contributed by atoms with Gasteiger partial charge in [0.05, 0.1) is 30.3 Å². The molecule has 6 nitrogen and oxygen atoms in total. The average molecular weight is 336 g/mol. The Morgan fingerprint density at radius 2 is 2.12 bits per heavy atom. The Morgan fingerprint density at radius 3 is 2.75 bits per heavy atom. The van der Waals surface area contributed by atoms with Gasteiger partial charge < -0.3 is 19.9 Å². The molecule has 0 aromatic heterocycles. The summed E-state index contributed by atoms with van der Waals surface area (Å²) >= 11 is 0. The maximum atomic E-state index is 14.2. The first-order chi connectivity index (χ1) is 11.5. The number of fused-ring (bicyclic) bond motifs is 1. The van der Waals surface area contributed by atoms with E-state index in [0.717, 1.165) is 12.1 Å². The number of hydrogen-bond donors (Lipinski definition) is 1. The summed E-state index contributed by atoms with van der Waals surface area (Å²) in [5.74, 6) is -1.52. The van der Waals surface area contributed by atoms with E-state index in [0.29, 0.717) is 32.7 Å². The number of benzene rings is 1. The summed E-state index contributed by atoms with van der Waals surface area (Å²) in [6.45, 7) is 1.68. The van der Waals surface area contributed by atoms with Crippen molar-refractivity contribution in [2.45, 2.75) is 18.5 Å². The largest absolute Gasteiger partial charge is 0.383 e. The second-order valence-corrected chi connectivity index (χ2v) is 5.94. The van der Waals surface area contributed by atoms with Gasteiger partial charge in [0.1, 0.15) is 5.69 Å². The molecule has 2 fully saturated rings. The maximum Gasteiger partial charge on any atom is 0.318 e. The van der Waals surface area contributed by atoms with E-state index in [4.69, 9.17) is 10.00 Å². The van der Waals surface area contributed by atoms with Gasteiger partial charge in [0.25, 0.3) is 0 Å². The molecule has 24 heavy (non-hydrogen) atoms. The fourth-order valence-electron chi connectivity index (χ4n) is 3.44. The number of carbonyl (C=O) groups is 1. The van der Waals surface area contributed by atoms with E-state index >= 15 is 0 Å². The number of nitrogens with one attached hydrogen (secondary N) is 1. The molecule has 1 aromatic rings. The van der Waals surface area contributed by atoms with E-state index in [2.05, 4.69) is 5.32 Å². The lowest BCUT2D eigenvalue weighted by atomic mass is 9.99. The predicted octanol–water partition coefficient (Wildman–Crippen LogP) is 1.46. The smallest absolute Gasteiger partial charge is 0.318 e. The van der Waals surface area contributed by atoms with E-state index in [1.807, 2.05) is 0 Å². The highest BCUT2D eigenvalue weighted by atomic mass is 19.1. The van der Waals surface area contributed by atoms with Crippen LogP contribution in [0.3, 0.4) is 0 Å². The number of nitriles is 1. The van der Waals surface area contributed by atoms with Gasteiger partial charge in [-0.1, -0.05) is 0 Å². The number of piperidine rings is 1. The zero-order chi connectivity index (χ0) is 17.3. The molecule has 3 rings (SSSR count). The number of rotatable bonds is 4. The molecule has 2 saturated heterocycles. The predicted molar refractivity (Wildman–Crippen MR) is 82.6 cm³/mol. The van der Waals surface area contributed by atoms with Crippen LogP contribution in [0, 0.1) is 23.0 Å². The SMILES string of the molecule is COCCN1C(=O)N[C@@H]2CN(c3c(F)cc(C#N)cc3F)CC[C@@H]21. The number of hydrogen-bond acceptors (Lipinski definition) is 4. The molecule has 1 N–H and O–H groups in total. The Bertz CT molecular complexity index is 668. The van der Waals surface area contributed by atoms with Crippen LogP contribution in [-0.4, -0.2) is 56.4 Å². The molecule has 0 spiro atoms. The molecule has 128 valence electrons. The van der Waals surface area contributed by atoms with Gasteiger partial charge in [-0.05, 0) is 18.6 Å². The molecular weight excluding hydrogens is 318 g/mol. The highest BCUT2D eigenvalue weighted by Gasteiger charge is 2.43. The number of anilines is 1. The van der Waals surface area contributed by atoms with E-state index in [-0.39, 0.29) is 29.4 Å². The van der Waals surface area contributed by atoms with Gasteiger partial charge in [-0.3, -0.25) is 0 Å². The average Bonchev–Trinajstić information content (AvgIpc) is 2.86. The highest BCUT2D eigenvalue weighted by molar-refractivity contribution is 5.78. The Hall–Kier alpha value is -2.40. The van der Waals surface area contributed by atoms with Crippen molar-refractivity contribution in [3.05, 3.63) is 29.3 Å². The summed E-state index contributed by atoms with van der Waals surface area (Å²) in [5, 5.41) is 11.6. The lowest BCUT2D eigenvalue weighted by Gasteiger charge is -2.38. The van der Waals surface area contributed by atoms with Gasteiger partial charge in [-0.2, -0.15) is 5.26 Å². The lowest BCUT2D eigenvalue weighted by Crippen LogP contribution is -2.52. The molecule has 0 aliphatic carbocycles. The standard InChI is InChI=1S/C16H18F2N4O2/c1-24-5-4-22-14-2-3-21(9-13(14)20-16(22)23)15-11(17)6-10(8-19)7-12(15)18/h6-7,13-14H,2-5,9H2,1H3,(H,20,23)/t13-,14+/m1/s1. The normalized spacial score (nSPS) is 23.0. The van der Waals surface area contributed by atoms with E-state index < -0.39 is 11.6 Å². The van der Waals surface area contributed by atoms with E-state index in [9.17, 15) is 13.6 Å². The molecule has 2 heterocycles. The fraction of sp³-hybridized carbons (Fsp3) is 0.500. The summed E-state index contributed by atoms with van der Waals surface area (Å²) in [7, 11) is 1.57. The molecule has 2 aliphatic heterocycles. The van der Waals surface area contributed by atoms with Crippen molar-refractivity contribution in [2.24, 2.45) is 0 Å². The van der Waals surface area contributed by atoms with Crippen molar-refractivity contribution < 1.29 is 18.3 Å². The van der Waals surface area contributed by atoms with Gasteiger partial charge >= 0.3 is 6.03 Å². The number of urea groups is 1. The number of methoxy groups -OCH3 is 1. The number of halogens is 2. The van der Waals surface area contributed by atoms with Crippen LogP contribution in [0.2, 0.25) is 0 Å². The topological polar surface area (TPSA) is 68.6 Å². The van der Waals surface area contributed by atoms with Crippen molar-refractivity contribution in [3.8, 4) is 6.07 Å². The van der Waals surface area contributed by atoms with Crippen molar-refractivity contribution in [1.82, 2.24) is 10.2 Å². The third-order valence-corrected chi connectivity index (χ3v) is 4.54. The molecular formula is C16H18F2N4O2. The van der Waals surface area contributed by atoms with Gasteiger partial charge in [0, 0.05) is 26.7 Å². The Kier molecular flexibility index (Phi) is 4.53. The van der Waals surface area contributed by atoms with Crippen LogP contribution in [0.15, 0.2) is 12.1 Å². The molecule has 0 radical (unpaired) electrons. The van der Waals surface area contributed by atoms with Crippen LogP contribution in [-0.2, 0) is 4.74 Å². The summed E-state index contributed by atoms with van der Waals surface area (Å²) in [4.78, 5) is 15.4. The number of ether oxygens (including phenoxy) is 1. The zero-order valence-electron chi connectivity index (χ0n) is 13.3. The molecule has 0 unspecified atom stereocenters. The van der Waals surface area contributed by atoms with Crippen molar-refractivity contribution in [1.29, 1.82) is 5.26 Å². The van der Waals surface area contributed by atoms with Gasteiger partial charge in [-0.25, -0.2) is 13.6 Å². The van der Waals surface area contributed by atoms with Crippen LogP contribution in [0.1, 0.15) is 12.0 Å². The second-order valence-electron chi connectivity index (χ2n) is 5.94. The van der Waals surface area contributed by atoms with Gasteiger partial charge in [0.2, 0.25) is 0 Å². The van der Waals surface area contributed by atoms with Gasteiger partial charge in [0.15, 0.2) is 11.6 Å². The van der Waals surface area contributed by atoms with Crippen molar-refractivity contribution in [2.75, 3.05) is 38.3 Å². The minimum absolute atomic E-state index is 0.00611. The second kappa shape index (κ2) is 6.61. The molecule has 0 saturated carbocycles. The van der Waals surface area contributed by atoms with Crippen molar-refractivity contribution >= 4 is 11.7 Å². The third-order valence-electron chi connectivity index (χ3n) is 4.54. The van der Waals surface area contributed by atoms with E-state index in [1.165, 1.54) is 0 Å². The molecule has 8 heteroatoms. The first-order valence-electron chi connectivity index (χ1n) is 7.75. The molecule has 2 atom stereocenters. The summed E-state index contributed by atoms with van der Waals surface area (Å²) in [5.41, 5.74) is -0.194. The first kappa shape index (κ1) is 16.5. The molecule has 2 aliphatic rings. The maximum absolute atomic E-state index is 14.2. The number of amides is 2. The van der Waals surface area contributed by atoms with Crippen LogP contribution in [0.4, 0.5) is 19.3 Å². The Morgan fingerprint density at radius 1 is 1.42 bits per heavy atom. The fourth-order valence-corrected chi connectivity index (χ4v) is 3.44. The minimum Gasteiger partial charge on any atom is -0.383 e. The summed E-state index contributed by atoms with van der Waals surface area (Å²) < 4.78 is 33.4. The highest BCUT2D eigenvalue weighted by Crippen LogP contribution is 2.30. The van der Waals surface area contributed by atoms with Crippen LogP contribution in [0.5, 0.6) is 0 Å². The molecule has 2 amide bonds. The quantitative estimate of drug-likeness (QED) is 0.904. The first-order valence-corrected chi connectivity index (χ1v) is 7.75. The van der Waals surface area contributed by atoms with E-state index in [1.54, 1.807) is 23.0 Å². The van der Waals surface area contributed by atoms with Crippen molar-refractivity contribution in [3.63, 3.8) is 0 Å². The lowest BCUT2D eigenvalue weighted by molar-refractivity contribution is 0.140. The Balaban J connectivity index is 1.77. The third kappa shape index (κ3) is 2.87. The molecule has 0 bridgehead atoms. The number of nitrogens with zero attached hydrogens (tertiary/aromatic N) is 3. The number of carbonyl (C=O) groups excluding carboxylic acids is 1. The Labute approximate surface area is 138 Å². The summed E-state index contributed by atoms with van der Waals surface area (Å²) in [6.07, 6.45) is 0.603. The van der Waals surface area contributed by atoms with Gasteiger partial charge in [-0.15, -0.1) is 0 Å². The van der Waals surface area contributed by atoms with Crippen LogP contribution in [0.25, 0.3) is 0 Å². The minimum atomic E-state index is -0.759.